The van der Waals surface area contributed by atoms with E-state index in [-0.39, 0.29) is 5.97 Å². The van der Waals surface area contributed by atoms with Crippen molar-refractivity contribution in [3.8, 4) is 17.0 Å². The highest BCUT2D eigenvalue weighted by Gasteiger charge is 2.52. The monoisotopic (exact) mass is 298 g/mol. The maximum absolute atomic E-state index is 11.7. The molecule has 114 valence electrons. The molecule has 1 heterocycles. The lowest BCUT2D eigenvalue weighted by atomic mass is 10.1. The second kappa shape index (κ2) is 5.67. The van der Waals surface area contributed by atoms with Gasteiger partial charge in [0.2, 0.25) is 5.88 Å². The van der Waals surface area contributed by atoms with Crippen molar-refractivity contribution in [2.24, 2.45) is 5.41 Å². The van der Waals surface area contributed by atoms with Crippen LogP contribution in [-0.2, 0) is 9.53 Å². The first kappa shape index (κ1) is 14.4. The second-order valence-corrected chi connectivity index (χ2v) is 5.57. The minimum Gasteiger partial charge on any atom is -0.476 e. The zero-order valence-corrected chi connectivity index (χ0v) is 12.4. The molecule has 22 heavy (non-hydrogen) atoms. The number of hydrogen-bond donors (Lipinski definition) is 1. The van der Waals surface area contributed by atoms with Gasteiger partial charge in [0, 0.05) is 23.5 Å². The predicted octanol–water partition coefficient (Wildman–Crippen LogP) is 2.66. The van der Waals surface area contributed by atoms with Crippen molar-refractivity contribution in [1.82, 2.24) is 4.98 Å². The number of carbonyl (C=O) groups excluding carboxylic acids is 1. The van der Waals surface area contributed by atoms with Crippen LogP contribution in [0.2, 0.25) is 0 Å². The molecular formula is C17H18N2O3. The van der Waals surface area contributed by atoms with Crippen LogP contribution in [0, 0.1) is 5.41 Å². The number of nitrogens with two attached hydrogens (primary N) is 1. The number of esters is 1. The van der Waals surface area contributed by atoms with Gasteiger partial charge in [0.25, 0.3) is 0 Å². The summed E-state index contributed by atoms with van der Waals surface area (Å²) in [7, 11) is 1.40. The Morgan fingerprint density at radius 3 is 2.41 bits per heavy atom. The first-order valence-electron chi connectivity index (χ1n) is 7.16. The molecule has 0 unspecified atom stereocenters. The highest BCUT2D eigenvalue weighted by molar-refractivity contribution is 5.79. The summed E-state index contributed by atoms with van der Waals surface area (Å²) in [6.07, 6.45) is 3.37. The summed E-state index contributed by atoms with van der Waals surface area (Å²) in [5.74, 6) is 0.306. The number of ether oxygens (including phenoxy) is 2. The number of rotatable bonds is 5. The normalized spacial score (nSPS) is 15.1. The number of methoxy groups -OCH3 is 1. The molecule has 1 saturated carbocycles. The van der Waals surface area contributed by atoms with Crippen LogP contribution in [0.25, 0.3) is 11.1 Å². The van der Waals surface area contributed by atoms with Gasteiger partial charge in [-0.25, -0.2) is 4.98 Å². The van der Waals surface area contributed by atoms with Gasteiger partial charge >= 0.3 is 5.97 Å². The molecule has 5 heteroatoms. The van der Waals surface area contributed by atoms with E-state index in [1.165, 1.54) is 7.11 Å². The molecule has 0 atom stereocenters. The highest BCUT2D eigenvalue weighted by Crippen LogP contribution is 2.46. The molecule has 3 rings (SSSR count). The number of hydrogen-bond acceptors (Lipinski definition) is 5. The van der Waals surface area contributed by atoms with Crippen LogP contribution in [0.5, 0.6) is 5.88 Å². The fraction of sp³-hybridized carbons (Fsp3) is 0.294. The van der Waals surface area contributed by atoms with Gasteiger partial charge in [-0.1, -0.05) is 12.1 Å². The first-order valence-corrected chi connectivity index (χ1v) is 7.16. The van der Waals surface area contributed by atoms with Gasteiger partial charge in [0.15, 0.2) is 0 Å². The van der Waals surface area contributed by atoms with Crippen molar-refractivity contribution < 1.29 is 14.3 Å². The molecular weight excluding hydrogens is 280 g/mol. The van der Waals surface area contributed by atoms with Crippen molar-refractivity contribution in [3.05, 3.63) is 42.6 Å². The molecule has 5 nitrogen and oxygen atoms in total. The van der Waals surface area contributed by atoms with Crippen molar-refractivity contribution in [2.75, 3.05) is 19.5 Å². The number of anilines is 1. The summed E-state index contributed by atoms with van der Waals surface area (Å²) < 4.78 is 10.4. The Hall–Kier alpha value is -2.56. The van der Waals surface area contributed by atoms with Crippen LogP contribution in [0.4, 0.5) is 5.69 Å². The van der Waals surface area contributed by atoms with Crippen LogP contribution in [0.1, 0.15) is 12.8 Å². The standard InChI is InChI=1S/C17H18N2O3/c1-21-16(20)17(8-9-17)11-22-15-7-4-13(10-19-15)12-2-5-14(18)6-3-12/h2-7,10H,8-9,11,18H2,1H3. The van der Waals surface area contributed by atoms with Crippen molar-refractivity contribution in [2.45, 2.75) is 12.8 Å². The summed E-state index contributed by atoms with van der Waals surface area (Å²) in [6, 6.07) is 11.3. The van der Waals surface area contributed by atoms with Crippen molar-refractivity contribution in [1.29, 1.82) is 0 Å². The maximum Gasteiger partial charge on any atom is 0.315 e. The van der Waals surface area contributed by atoms with Crippen LogP contribution >= 0.6 is 0 Å². The van der Waals surface area contributed by atoms with E-state index in [1.807, 2.05) is 30.3 Å². The Morgan fingerprint density at radius 2 is 1.86 bits per heavy atom. The minimum atomic E-state index is -0.466. The van der Waals surface area contributed by atoms with E-state index in [0.29, 0.717) is 12.5 Å². The largest absolute Gasteiger partial charge is 0.476 e. The third kappa shape index (κ3) is 2.88. The zero-order valence-electron chi connectivity index (χ0n) is 12.4. The fourth-order valence-electron chi connectivity index (χ4n) is 2.30. The lowest BCUT2D eigenvalue weighted by Gasteiger charge is -2.13. The van der Waals surface area contributed by atoms with E-state index in [2.05, 4.69) is 4.98 Å². The Labute approximate surface area is 129 Å². The van der Waals surface area contributed by atoms with E-state index in [0.717, 1.165) is 29.7 Å². The zero-order chi connectivity index (χ0) is 15.6. The van der Waals surface area contributed by atoms with Gasteiger partial charge in [-0.05, 0) is 36.6 Å². The topological polar surface area (TPSA) is 74.4 Å². The molecule has 0 saturated heterocycles. The summed E-state index contributed by atoms with van der Waals surface area (Å²) in [6.45, 7) is 0.313. The number of aromatic nitrogens is 1. The molecule has 0 aliphatic heterocycles. The molecule has 2 aromatic rings. The summed E-state index contributed by atoms with van der Waals surface area (Å²) in [5, 5.41) is 0. The Kier molecular flexibility index (Phi) is 3.71. The number of pyridine rings is 1. The molecule has 0 radical (unpaired) electrons. The molecule has 0 amide bonds. The highest BCUT2D eigenvalue weighted by atomic mass is 16.5. The van der Waals surface area contributed by atoms with Gasteiger partial charge in [0.1, 0.15) is 12.0 Å². The molecule has 2 N–H and O–H groups in total. The van der Waals surface area contributed by atoms with Gasteiger partial charge in [-0.15, -0.1) is 0 Å². The first-order chi connectivity index (χ1) is 10.6. The smallest absolute Gasteiger partial charge is 0.315 e. The lowest BCUT2D eigenvalue weighted by Crippen LogP contribution is -2.24. The average Bonchev–Trinajstić information content (AvgIpc) is 3.35. The number of carbonyl (C=O) groups is 1. The maximum atomic E-state index is 11.7. The van der Waals surface area contributed by atoms with E-state index in [1.54, 1.807) is 12.3 Å². The van der Waals surface area contributed by atoms with E-state index in [4.69, 9.17) is 15.2 Å². The van der Waals surface area contributed by atoms with E-state index in [9.17, 15) is 4.79 Å². The van der Waals surface area contributed by atoms with Crippen LogP contribution in [0.3, 0.4) is 0 Å². The van der Waals surface area contributed by atoms with Crippen molar-refractivity contribution >= 4 is 11.7 Å². The van der Waals surface area contributed by atoms with E-state index < -0.39 is 5.41 Å². The molecule has 1 fully saturated rings. The molecule has 1 aromatic heterocycles. The summed E-state index contributed by atoms with van der Waals surface area (Å²) >= 11 is 0. The number of nitrogen functional groups attached to an aromatic ring is 1. The molecule has 1 aliphatic rings. The predicted molar refractivity (Wildman–Crippen MR) is 83.3 cm³/mol. The molecule has 1 aliphatic carbocycles. The van der Waals surface area contributed by atoms with Crippen LogP contribution in [0.15, 0.2) is 42.6 Å². The molecule has 0 spiro atoms. The number of nitrogens with zero attached hydrogens (tertiary/aromatic N) is 1. The minimum absolute atomic E-state index is 0.203. The average molecular weight is 298 g/mol. The van der Waals surface area contributed by atoms with E-state index >= 15 is 0 Å². The third-order valence-corrected chi connectivity index (χ3v) is 3.95. The Morgan fingerprint density at radius 1 is 1.18 bits per heavy atom. The Balaban J connectivity index is 1.65. The van der Waals surface area contributed by atoms with Crippen LogP contribution < -0.4 is 10.5 Å². The van der Waals surface area contributed by atoms with Crippen LogP contribution in [-0.4, -0.2) is 24.7 Å². The van der Waals surface area contributed by atoms with Gasteiger partial charge < -0.3 is 15.2 Å². The van der Waals surface area contributed by atoms with Gasteiger partial charge in [0.05, 0.1) is 7.11 Å². The Bertz CT molecular complexity index is 661. The third-order valence-electron chi connectivity index (χ3n) is 3.95. The quantitative estimate of drug-likeness (QED) is 0.678. The second-order valence-electron chi connectivity index (χ2n) is 5.57. The van der Waals surface area contributed by atoms with Gasteiger partial charge in [-0.2, -0.15) is 0 Å². The SMILES string of the molecule is COC(=O)C1(COc2ccc(-c3ccc(N)cc3)cn2)CC1. The lowest BCUT2D eigenvalue weighted by molar-refractivity contribution is -0.148. The summed E-state index contributed by atoms with van der Waals surface area (Å²) in [4.78, 5) is 15.9. The molecule has 1 aromatic carbocycles. The molecule has 0 bridgehead atoms. The number of benzene rings is 1. The fourth-order valence-corrected chi connectivity index (χ4v) is 2.30. The van der Waals surface area contributed by atoms with Crippen molar-refractivity contribution in [3.63, 3.8) is 0 Å². The van der Waals surface area contributed by atoms with Gasteiger partial charge in [-0.3, -0.25) is 4.79 Å². The summed E-state index contributed by atoms with van der Waals surface area (Å²) in [5.41, 5.74) is 7.97.